The Kier molecular flexibility index (Phi) is 2.94. The number of nitrogens with one attached hydrogen (secondary N) is 1. The molecule has 0 aliphatic carbocycles. The fraction of sp³-hybridized carbons (Fsp3) is 0.263. The smallest absolute Gasteiger partial charge is 0.222 e. The molecular formula is C19H23N5O3. The third kappa shape index (κ3) is 3.46. The molecule has 0 saturated heterocycles. The predicted molar refractivity (Wildman–Crippen MR) is 107 cm³/mol. The average Bonchev–Trinajstić information content (AvgIpc) is 2.72. The summed E-state index contributed by atoms with van der Waals surface area (Å²) in [6, 6.07) is 2.28. The van der Waals surface area contributed by atoms with Crippen molar-refractivity contribution in [3.8, 4) is 17.2 Å². The number of hydrogen-bond donors (Lipinski definition) is 3. The first-order valence-corrected chi connectivity index (χ1v) is 7.72. The molecule has 0 saturated carbocycles. The second-order valence-corrected chi connectivity index (χ2v) is 5.44. The van der Waals surface area contributed by atoms with E-state index in [0.717, 1.165) is 0 Å². The molecule has 3 rings (SSSR count). The summed E-state index contributed by atoms with van der Waals surface area (Å²) in [5.41, 5.74) is 11.9. The molecule has 27 heavy (non-hydrogen) atoms. The number of anilines is 3. The topological polar surface area (TPSA) is 118 Å². The molecule has 0 aliphatic rings. The van der Waals surface area contributed by atoms with Crippen molar-refractivity contribution >= 4 is 28.4 Å². The number of aromatic nitrogens is 2. The van der Waals surface area contributed by atoms with Crippen molar-refractivity contribution in [1.82, 2.24) is 9.97 Å². The zero-order valence-electron chi connectivity index (χ0n) is 22.6. The summed E-state index contributed by atoms with van der Waals surface area (Å²) in [5, 5.41) is 2.98. The largest absolute Gasteiger partial charge is 0.493 e. The van der Waals surface area contributed by atoms with Crippen LogP contribution >= 0.6 is 0 Å². The number of nitrogens with zero attached hydrogens (tertiary/aromatic N) is 2. The van der Waals surface area contributed by atoms with Gasteiger partial charge in [0.25, 0.3) is 0 Å². The molecule has 3 aromatic rings. The molecule has 0 atom stereocenters. The number of rotatable bonds is 6. The van der Waals surface area contributed by atoms with Crippen LogP contribution in [0.1, 0.15) is 22.1 Å². The second kappa shape index (κ2) is 7.45. The summed E-state index contributed by atoms with van der Waals surface area (Å²) in [5.74, 6) is -1.18. The van der Waals surface area contributed by atoms with E-state index in [-0.39, 0.29) is 69.6 Å². The van der Waals surface area contributed by atoms with E-state index in [2.05, 4.69) is 15.3 Å². The summed E-state index contributed by atoms with van der Waals surface area (Å²) in [6.45, 7) is -2.76. The summed E-state index contributed by atoms with van der Waals surface area (Å²) in [6.07, 6.45) is 0. The molecule has 0 aliphatic heterocycles. The van der Waals surface area contributed by atoms with Crippen LogP contribution in [-0.4, -0.2) is 31.2 Å². The number of nitrogens with two attached hydrogens (primary N) is 2. The number of ether oxygens (including phenoxy) is 3. The van der Waals surface area contributed by atoms with Crippen LogP contribution in [0.4, 0.5) is 17.5 Å². The Morgan fingerprint density at radius 3 is 2.48 bits per heavy atom. The molecule has 1 heterocycles. The van der Waals surface area contributed by atoms with Crippen LogP contribution in [0.25, 0.3) is 10.9 Å². The van der Waals surface area contributed by atoms with Crippen molar-refractivity contribution in [2.75, 3.05) is 38.0 Å². The lowest BCUT2D eigenvalue weighted by molar-refractivity contribution is 0.324. The lowest BCUT2D eigenvalue weighted by Crippen LogP contribution is -2.06. The van der Waals surface area contributed by atoms with E-state index in [9.17, 15) is 0 Å². The number of methoxy groups -OCH3 is 3. The molecule has 8 heteroatoms. The van der Waals surface area contributed by atoms with Crippen molar-refractivity contribution < 1.29 is 25.2 Å². The van der Waals surface area contributed by atoms with E-state index in [1.165, 1.54) is 26.4 Å². The Hall–Kier alpha value is -3.42. The summed E-state index contributed by atoms with van der Waals surface area (Å²) >= 11 is 0. The van der Waals surface area contributed by atoms with Crippen LogP contribution < -0.4 is 31.0 Å². The van der Waals surface area contributed by atoms with Crippen molar-refractivity contribution in [2.45, 2.75) is 13.4 Å². The highest BCUT2D eigenvalue weighted by Gasteiger charge is 2.14. The van der Waals surface area contributed by atoms with Crippen molar-refractivity contribution in [1.29, 1.82) is 0 Å². The fourth-order valence-electron chi connectivity index (χ4n) is 2.59. The highest BCUT2D eigenvalue weighted by molar-refractivity contribution is 5.92. The third-order valence-electron chi connectivity index (χ3n) is 3.85. The highest BCUT2D eigenvalue weighted by atomic mass is 16.5. The Bertz CT molecular complexity index is 1250. The molecule has 0 radical (unpaired) electrons. The number of nitrogen functional groups attached to an aromatic ring is 2. The Morgan fingerprint density at radius 2 is 1.85 bits per heavy atom. The first-order chi connectivity index (χ1) is 16.2. The maximum Gasteiger partial charge on any atom is 0.222 e. The highest BCUT2D eigenvalue weighted by Crippen LogP contribution is 2.40. The number of benzene rings is 2. The van der Waals surface area contributed by atoms with Crippen molar-refractivity contribution in [2.24, 2.45) is 0 Å². The zero-order valence-corrected chi connectivity index (χ0v) is 14.6. The average molecular weight is 377 g/mol. The molecule has 0 spiro atoms. The van der Waals surface area contributed by atoms with Gasteiger partial charge in [0.05, 0.1) is 33.6 Å². The standard InChI is InChI=1S/C19H23N5O3/c1-10-11(5-6-13-16(10)18(20)24-19(21)23-13)9-22-12-7-14(25-2)17(27-4)15(8-12)26-3/h5-8,22H,9H2,1-4H3,(H4,20,21,23,24)/i1D3,4D3,7D,8D. The van der Waals surface area contributed by atoms with Gasteiger partial charge in [-0.15, -0.1) is 0 Å². The maximum atomic E-state index is 8.45. The van der Waals surface area contributed by atoms with Gasteiger partial charge in [0.15, 0.2) is 11.5 Å². The van der Waals surface area contributed by atoms with Crippen LogP contribution in [0.15, 0.2) is 24.2 Å². The molecule has 0 fully saturated rings. The Morgan fingerprint density at radius 1 is 1.11 bits per heavy atom. The zero-order chi connectivity index (χ0) is 26.3. The van der Waals surface area contributed by atoms with Crippen LogP contribution in [0.5, 0.6) is 17.2 Å². The molecule has 8 nitrogen and oxygen atoms in total. The van der Waals surface area contributed by atoms with E-state index < -0.39 is 19.6 Å². The van der Waals surface area contributed by atoms with Gasteiger partial charge in [-0.25, -0.2) is 4.98 Å². The summed E-state index contributed by atoms with van der Waals surface area (Å²) in [7, 11) is -0.478. The summed E-state index contributed by atoms with van der Waals surface area (Å²) < 4.78 is 78.3. The van der Waals surface area contributed by atoms with Gasteiger partial charge in [-0.2, -0.15) is 4.98 Å². The molecule has 0 unspecified atom stereocenters. The lowest BCUT2D eigenvalue weighted by atomic mass is 10.0. The van der Waals surface area contributed by atoms with Gasteiger partial charge in [-0.05, 0) is 24.0 Å². The second-order valence-electron chi connectivity index (χ2n) is 5.44. The van der Waals surface area contributed by atoms with Crippen molar-refractivity contribution in [3.63, 3.8) is 0 Å². The normalized spacial score (nSPS) is 15.9. The number of fused-ring (bicyclic) bond motifs is 1. The molecule has 0 amide bonds. The van der Waals surface area contributed by atoms with Gasteiger partial charge in [0.2, 0.25) is 11.7 Å². The fourth-order valence-corrected chi connectivity index (χ4v) is 2.59. The van der Waals surface area contributed by atoms with E-state index in [4.69, 9.17) is 36.6 Å². The quantitative estimate of drug-likeness (QED) is 0.600. The predicted octanol–water partition coefficient (Wildman–Crippen LogP) is 2.74. The molecule has 142 valence electrons. The van der Waals surface area contributed by atoms with Crippen molar-refractivity contribution in [3.05, 3.63) is 35.3 Å². The van der Waals surface area contributed by atoms with Gasteiger partial charge in [0, 0.05) is 33.8 Å². The molecule has 1 aromatic heterocycles. The first-order valence-electron chi connectivity index (χ1n) is 11.7. The van der Waals surface area contributed by atoms with Gasteiger partial charge >= 0.3 is 0 Å². The molecule has 5 N–H and O–H groups in total. The number of aryl methyl sites for hydroxylation is 1. The Balaban J connectivity index is 2.14. The molecule has 0 bridgehead atoms. The van der Waals surface area contributed by atoms with Gasteiger partial charge in [-0.3, -0.25) is 0 Å². The molecular weight excluding hydrogens is 346 g/mol. The van der Waals surface area contributed by atoms with Crippen LogP contribution in [0, 0.1) is 6.85 Å². The molecule has 2 aromatic carbocycles. The van der Waals surface area contributed by atoms with Gasteiger partial charge in [0.1, 0.15) is 5.82 Å². The van der Waals surface area contributed by atoms with E-state index in [0.29, 0.717) is 0 Å². The minimum atomic E-state index is -2.89. The lowest BCUT2D eigenvalue weighted by Gasteiger charge is -2.16. The van der Waals surface area contributed by atoms with E-state index >= 15 is 0 Å². The minimum absolute atomic E-state index is 0.0997. The monoisotopic (exact) mass is 377 g/mol. The van der Waals surface area contributed by atoms with Crippen LogP contribution in [0.2, 0.25) is 0 Å². The minimum Gasteiger partial charge on any atom is -0.493 e. The van der Waals surface area contributed by atoms with E-state index in [1.807, 2.05) is 0 Å². The number of hydrogen-bond acceptors (Lipinski definition) is 8. The summed E-state index contributed by atoms with van der Waals surface area (Å²) in [4.78, 5) is 7.91. The maximum absolute atomic E-state index is 8.45. The SMILES string of the molecule is [2H]c1c(NCc2ccc3nc(N)nc(N)c3c2C([2H])([2H])[2H])c([2H])c(OC)c(OC([2H])([2H])[2H])c1OC. The third-order valence-corrected chi connectivity index (χ3v) is 3.85. The van der Waals surface area contributed by atoms with Gasteiger partial charge < -0.3 is 31.0 Å². The first kappa shape index (κ1) is 10.7. The Labute approximate surface area is 168 Å². The van der Waals surface area contributed by atoms with E-state index in [1.54, 1.807) is 0 Å². The van der Waals surface area contributed by atoms with Crippen LogP contribution in [0.3, 0.4) is 0 Å². The van der Waals surface area contributed by atoms with Gasteiger partial charge in [-0.1, -0.05) is 6.07 Å². The van der Waals surface area contributed by atoms with Crippen LogP contribution in [-0.2, 0) is 6.54 Å².